The van der Waals surface area contributed by atoms with Crippen molar-refractivity contribution in [1.82, 2.24) is 60.6 Å². The Morgan fingerprint density at radius 3 is 1.06 bits per heavy atom. The molecule has 37 heteroatoms. The summed E-state index contributed by atoms with van der Waals surface area (Å²) in [6.07, 6.45) is 20.4. The number of hydrogen-bond donors (Lipinski definition) is 3. The number of aryl methyl sites for hydroxylation is 1. The van der Waals surface area contributed by atoms with Gasteiger partial charge in [-0.3, -0.25) is 14.4 Å². The van der Waals surface area contributed by atoms with Crippen molar-refractivity contribution >= 4 is 88.0 Å². The number of carbonyl (C=O) groups excluding carboxylic acids is 9. The maximum absolute atomic E-state index is 16.2. The van der Waals surface area contributed by atoms with Crippen LogP contribution in [0.5, 0.6) is 34.9 Å². The zero-order valence-electron chi connectivity index (χ0n) is 83.5. The molecule has 143 heavy (non-hydrogen) atoms. The fourth-order valence-electron chi connectivity index (χ4n) is 23.6. The van der Waals surface area contributed by atoms with Gasteiger partial charge >= 0.3 is 18.3 Å². The standard InChI is InChI=1S/C36H45F2N4O6.C35H43F2N4O6.C35H45N4O6.3V/c1-5-22-27(18-43)42-17-29(22)47-32-30(39-25-12-11-21(16-26(25)40-32)46-20-9-10-20)36(37,38)13-7-6-8-23-24-14-19(24)15-28(23)48-34(45)41-31(33(42)44)35(2,3)4;1-18-26(17-42)41-16-28(18)46-31-29(38-24-11-10-21(15-25(24)39-31)45-20-8-9-20)35(36,37)12-6-5-7-22-23-13-19(23)14-27(22)47-33(44)40-30(32(41)43)34(2,3)4;1-19-28(18-40)39-17-30(19)44-32-26(36-25-13-12-22(16-27(25)37-32)43-21-10-11-21)9-7-5-6-8-23-24-14-20(24)15-29(23)45-34(42)38-31(33(39)41)35(2,3)4;;;/h11-12,16,19-20,22-24,27-29,31H,5-10,13-15,17H2,1-4H3,(H,41,45);10-11,15,18-20,22-23,26-28,30H,5-9,12-14,16H2,1-4H3,(H,40,44);12-13,16,19-21,23-24,28-31H,5-11,14-15,17H2,1-4H3,(H,38,42);;;/q3*-1;;;/t19?,22-,23+,24?,27+,28+,29-,31+;18-,19?,22+,23?,26+,27+,28-,30+;19-,20?,23+,24?,28+,29+,30-,31+;;;/m000.../s1. The fourth-order valence-corrected chi connectivity index (χ4v) is 23.6. The van der Waals surface area contributed by atoms with Gasteiger partial charge in [-0.15, -0.1) is 0 Å². The average molecular weight is 2090 g/mol. The molecule has 3 aromatic heterocycles. The molecule has 12 fully saturated rings. The van der Waals surface area contributed by atoms with Crippen molar-refractivity contribution in [2.45, 2.75) is 353 Å². The number of amides is 6. The van der Waals surface area contributed by atoms with Crippen molar-refractivity contribution in [2.75, 3.05) is 19.6 Å². The molecule has 30 nitrogen and oxygen atoms in total. The molecule has 6 amide bonds. The zero-order chi connectivity index (χ0) is 98.7. The van der Waals surface area contributed by atoms with E-state index < -0.39 is 149 Å². The molecule has 771 valence electrons. The molecule has 9 heterocycles. The number of carbonyl (C=O) groups is 6. The Morgan fingerprint density at radius 1 is 0.385 bits per heavy atom. The molecule has 6 unspecified atom stereocenters. The molecule has 3 aromatic carbocycles. The van der Waals surface area contributed by atoms with Gasteiger partial charge in [0.2, 0.25) is 35.4 Å². The second-order valence-corrected chi connectivity index (χ2v) is 45.9. The van der Waals surface area contributed by atoms with Crippen molar-refractivity contribution in [2.24, 2.45) is 87.3 Å². The van der Waals surface area contributed by atoms with Crippen LogP contribution in [-0.4, -0.2) is 210 Å². The number of benzene rings is 3. The van der Waals surface area contributed by atoms with Crippen LogP contribution in [-0.2, 0) is 117 Å². The molecule has 24 atom stereocenters. The SMILES string of the molecule is CC[C@@H]1[C@@H]2CN(C(=O)[C@H](C(C)(C)C)NC(=O)O[C@@H]3CC4CC4[C@H]3CCCCC(F)(F)c3nc4ccc(OC5CC5)cc4nc3O2)[C@@H]1[C-]=O.C[C@@H]1[C@@H]2CN(C(=O)[C@H](C(C)(C)C)NC(=O)O[C@@H]3CC4CC4[C@H]3CCCCC(F)(F)c3nc4ccc(OC5CC5)cc4nc3O2)[C@@H]1[C-]=O.C[C@@H]1[C@@H]2CN(C(=O)[C@H](C(C)(C)C)NC(=O)O[C@@H]3CC4CC4[C@H]3CCCCCc3nc4ccc(OC5CC5)cc4nc3O2)[C@@H]1[C-]=O.[V].[V].[V]. The predicted molar refractivity (Wildman–Crippen MR) is 504 cm³/mol. The van der Waals surface area contributed by atoms with Crippen molar-refractivity contribution in [3.8, 4) is 34.9 Å². The summed E-state index contributed by atoms with van der Waals surface area (Å²) in [5, 5.41) is 8.53. The van der Waals surface area contributed by atoms with Crippen molar-refractivity contribution < 1.29 is 159 Å². The van der Waals surface area contributed by atoms with E-state index in [4.69, 9.17) is 52.6 Å². The molecular weight excluding hydrogens is 1960 g/mol. The molecule has 21 rings (SSSR count). The van der Waals surface area contributed by atoms with Crippen LogP contribution in [0.25, 0.3) is 33.1 Å². The van der Waals surface area contributed by atoms with Gasteiger partial charge in [0.1, 0.15) is 77.7 Å². The van der Waals surface area contributed by atoms with E-state index >= 15 is 17.6 Å². The topological polar surface area (TPSA) is 360 Å². The smallest absolute Gasteiger partial charge is 0.408 e. The summed E-state index contributed by atoms with van der Waals surface area (Å²) >= 11 is 0. The van der Waals surface area contributed by atoms with Crippen LogP contribution in [0.2, 0.25) is 0 Å². The normalized spacial score (nSPS) is 33.2. The third-order valence-corrected chi connectivity index (χ3v) is 32.2. The Labute approximate surface area is 868 Å². The molecule has 3 N–H and O–H groups in total. The van der Waals surface area contributed by atoms with Gasteiger partial charge in [0.05, 0.1) is 71.0 Å². The van der Waals surface area contributed by atoms with E-state index in [9.17, 15) is 43.2 Å². The summed E-state index contributed by atoms with van der Waals surface area (Å²) in [6, 6.07) is 10.1. The Bertz CT molecular complexity index is 5710. The molecule has 6 bridgehead atoms. The molecule has 15 aliphatic rings. The van der Waals surface area contributed by atoms with E-state index in [0.717, 1.165) is 113 Å². The number of ether oxygens (including phenoxy) is 9. The predicted octanol–water partition coefficient (Wildman–Crippen LogP) is 17.0. The molecule has 9 saturated carbocycles. The van der Waals surface area contributed by atoms with E-state index in [1.54, 1.807) is 43.3 Å². The van der Waals surface area contributed by atoms with Crippen LogP contribution in [0.1, 0.15) is 261 Å². The van der Waals surface area contributed by atoms with Gasteiger partial charge in [0.25, 0.3) is 11.8 Å². The minimum atomic E-state index is -3.36. The number of alkyl carbamates (subject to hydrolysis) is 3. The van der Waals surface area contributed by atoms with Gasteiger partial charge < -0.3 is 87.7 Å². The van der Waals surface area contributed by atoms with Gasteiger partial charge in [-0.25, -0.2) is 63.1 Å². The van der Waals surface area contributed by atoms with Gasteiger partial charge in [0.15, 0.2) is 11.4 Å². The Balaban J connectivity index is 0.000000153. The van der Waals surface area contributed by atoms with E-state index in [2.05, 4.69) is 42.2 Å². The number of alkyl halides is 4. The van der Waals surface area contributed by atoms with E-state index in [0.29, 0.717) is 125 Å². The quantitative estimate of drug-likeness (QED) is 0.0651. The largest absolute Gasteiger partial charge is 0.540 e. The first-order valence-electron chi connectivity index (χ1n) is 51.4. The second-order valence-electron chi connectivity index (χ2n) is 45.9. The first-order valence-corrected chi connectivity index (χ1v) is 51.4. The molecule has 3 saturated heterocycles. The number of nitrogens with one attached hydrogen (secondary N) is 3. The molecule has 9 aliphatic carbocycles. The number of aromatic nitrogens is 6. The van der Waals surface area contributed by atoms with Crippen molar-refractivity contribution in [3.63, 3.8) is 0 Å². The summed E-state index contributed by atoms with van der Waals surface area (Å²) in [5.74, 6) is -4.26. The zero-order valence-corrected chi connectivity index (χ0v) is 87.7. The van der Waals surface area contributed by atoms with Crippen molar-refractivity contribution in [1.29, 1.82) is 0 Å². The van der Waals surface area contributed by atoms with Gasteiger partial charge in [-0.05, 0) is 246 Å². The summed E-state index contributed by atoms with van der Waals surface area (Å²) in [5.41, 5.74) is 0.340. The van der Waals surface area contributed by atoms with Crippen molar-refractivity contribution in [3.05, 3.63) is 71.7 Å². The second kappa shape index (κ2) is 42.8. The number of fused-ring (bicyclic) bond motifs is 21. The summed E-state index contributed by atoms with van der Waals surface area (Å²) in [7, 11) is 0. The Kier molecular flexibility index (Phi) is 32.0. The minimum absolute atomic E-state index is 0. The molecular formula is C106H133F4N12O18V3-3. The average Bonchev–Trinajstić information content (AvgIpc) is 1.53. The van der Waals surface area contributed by atoms with Crippen LogP contribution in [0.3, 0.4) is 0 Å². The summed E-state index contributed by atoms with van der Waals surface area (Å²) < 4.78 is 120. The summed E-state index contributed by atoms with van der Waals surface area (Å²) in [4.78, 5) is 151. The number of nitrogens with zero attached hydrogens (tertiary/aromatic N) is 9. The first kappa shape index (κ1) is 107. The summed E-state index contributed by atoms with van der Waals surface area (Å²) in [6.45, 7) is 22.1. The van der Waals surface area contributed by atoms with Crippen LogP contribution >= 0.6 is 0 Å². The van der Waals surface area contributed by atoms with Crippen LogP contribution in [0.15, 0.2) is 54.6 Å². The molecule has 0 spiro atoms. The van der Waals surface area contributed by atoms with Gasteiger partial charge in [0, 0.05) is 86.7 Å². The number of halogens is 4. The maximum atomic E-state index is 16.2. The number of hydrogen-bond acceptors (Lipinski definition) is 24. The van der Waals surface area contributed by atoms with Crippen LogP contribution in [0.4, 0.5) is 31.9 Å². The van der Waals surface area contributed by atoms with Crippen LogP contribution < -0.4 is 44.4 Å². The van der Waals surface area contributed by atoms with E-state index in [1.165, 1.54) is 21.1 Å². The number of rotatable bonds is 10. The van der Waals surface area contributed by atoms with E-state index in [-0.39, 0.29) is 160 Å². The molecule has 6 aromatic rings. The molecule has 3 radical (unpaired) electrons. The van der Waals surface area contributed by atoms with Crippen LogP contribution in [0, 0.1) is 87.3 Å². The Hall–Kier alpha value is -8.82. The van der Waals surface area contributed by atoms with Gasteiger partial charge in [-0.1, -0.05) is 133 Å². The minimum Gasteiger partial charge on any atom is -0.540 e. The maximum Gasteiger partial charge on any atom is 0.408 e. The third-order valence-electron chi connectivity index (χ3n) is 32.2. The fraction of sp³-hybridized carbons (Fsp3) is 0.689. The third kappa shape index (κ3) is 23.7. The Morgan fingerprint density at radius 2 is 0.713 bits per heavy atom. The monoisotopic (exact) mass is 2090 g/mol. The first-order chi connectivity index (χ1) is 66.8. The van der Waals surface area contributed by atoms with Gasteiger partial charge in [-0.2, -0.15) is 17.6 Å². The molecule has 6 aliphatic heterocycles. The van der Waals surface area contributed by atoms with E-state index in [1.807, 2.05) is 107 Å².